The Balaban J connectivity index is 0.000000750. The molecule has 0 aromatic heterocycles. The molecule has 0 aliphatic heterocycles. The first-order chi connectivity index (χ1) is 6.18. The Labute approximate surface area is 100.0 Å². The van der Waals surface area contributed by atoms with Gasteiger partial charge in [0, 0.05) is 11.4 Å². The number of hydrogen-bond donors (Lipinski definition) is 0. The molecule has 0 N–H and O–H groups in total. The molecular weight excluding hydrogens is 272 g/mol. The number of carboxylic acids is 1. The summed E-state index contributed by atoms with van der Waals surface area (Å²) in [6, 6.07) is 0. The van der Waals surface area contributed by atoms with Crippen LogP contribution in [0.5, 0.6) is 0 Å². The molecule has 0 spiro atoms. The third-order valence-electron chi connectivity index (χ3n) is 4.47. The van der Waals surface area contributed by atoms with Crippen LogP contribution in [0.15, 0.2) is 0 Å². The predicted molar refractivity (Wildman–Crippen MR) is 45.6 cm³/mol. The number of carbonyl (C=O) groups excluding carboxylic acids is 1. The summed E-state index contributed by atoms with van der Waals surface area (Å²) < 4.78 is 0. The summed E-state index contributed by atoms with van der Waals surface area (Å²) in [6.45, 7) is 0. The normalized spacial score (nSPS) is 48.7. The molecule has 0 amide bonds. The maximum atomic E-state index is 11.1. The SMILES string of the molecule is O=C([O-])C12CC3CC(CC(C3)C1)C2.[Ag+]. The fraction of sp³-hybridized carbons (Fsp3) is 0.909. The maximum Gasteiger partial charge on any atom is 1.00 e. The van der Waals surface area contributed by atoms with Gasteiger partial charge in [-0.25, -0.2) is 0 Å². The summed E-state index contributed by atoms with van der Waals surface area (Å²) >= 11 is 0. The first-order valence-corrected chi connectivity index (χ1v) is 5.39. The molecule has 82 valence electrons. The molecule has 0 saturated heterocycles. The van der Waals surface area contributed by atoms with E-state index in [1.807, 2.05) is 0 Å². The topological polar surface area (TPSA) is 40.1 Å². The molecule has 0 unspecified atom stereocenters. The molecule has 0 aromatic rings. The number of rotatable bonds is 1. The van der Waals surface area contributed by atoms with Crippen LogP contribution >= 0.6 is 0 Å². The largest absolute Gasteiger partial charge is 1.00 e. The van der Waals surface area contributed by atoms with Crippen LogP contribution in [0.2, 0.25) is 0 Å². The van der Waals surface area contributed by atoms with Gasteiger partial charge >= 0.3 is 22.4 Å². The minimum atomic E-state index is -0.758. The second kappa shape index (κ2) is 3.36. The Morgan fingerprint density at radius 3 is 1.64 bits per heavy atom. The quantitative estimate of drug-likeness (QED) is 0.674. The molecule has 0 heterocycles. The first kappa shape index (κ1) is 10.7. The molecule has 14 heavy (non-hydrogen) atoms. The third-order valence-corrected chi connectivity index (χ3v) is 4.47. The molecule has 0 atom stereocenters. The Morgan fingerprint density at radius 2 is 1.36 bits per heavy atom. The van der Waals surface area contributed by atoms with Crippen LogP contribution in [0.1, 0.15) is 38.5 Å². The van der Waals surface area contributed by atoms with Gasteiger partial charge < -0.3 is 9.90 Å². The minimum absolute atomic E-state index is 0. The zero-order valence-corrected chi connectivity index (χ0v) is 9.57. The Hall–Kier alpha value is 0.210. The fourth-order valence-electron chi connectivity index (χ4n) is 4.36. The van der Waals surface area contributed by atoms with E-state index in [1.54, 1.807) is 0 Å². The van der Waals surface area contributed by atoms with Gasteiger partial charge in [0.2, 0.25) is 0 Å². The van der Waals surface area contributed by atoms with E-state index in [2.05, 4.69) is 0 Å². The third kappa shape index (κ3) is 1.39. The van der Waals surface area contributed by atoms with E-state index in [1.165, 1.54) is 19.3 Å². The van der Waals surface area contributed by atoms with E-state index < -0.39 is 11.4 Å². The van der Waals surface area contributed by atoms with Crippen LogP contribution in [0, 0.1) is 23.2 Å². The second-order valence-electron chi connectivity index (χ2n) is 5.49. The Bertz CT molecular complexity index is 227. The van der Waals surface area contributed by atoms with Crippen molar-refractivity contribution < 1.29 is 32.3 Å². The van der Waals surface area contributed by atoms with Crippen molar-refractivity contribution in [3.63, 3.8) is 0 Å². The van der Waals surface area contributed by atoms with Crippen molar-refractivity contribution in [2.24, 2.45) is 23.2 Å². The number of carbonyl (C=O) groups is 1. The standard InChI is InChI=1S/C11H16O2.Ag/c12-10(13)11-4-7-1-8(5-11)3-9(2-7)6-11;/h7-9H,1-6H2,(H,12,13);/q;+1/p-1. The van der Waals surface area contributed by atoms with Gasteiger partial charge in [0.25, 0.3) is 0 Å². The van der Waals surface area contributed by atoms with E-state index in [9.17, 15) is 9.90 Å². The Kier molecular flexibility index (Phi) is 2.57. The van der Waals surface area contributed by atoms with Crippen LogP contribution < -0.4 is 5.11 Å². The number of carboxylic acid groups (broad SMARTS) is 1. The first-order valence-electron chi connectivity index (χ1n) is 5.39. The summed E-state index contributed by atoms with van der Waals surface area (Å²) in [5.41, 5.74) is -0.394. The van der Waals surface area contributed by atoms with Gasteiger partial charge in [0.05, 0.1) is 0 Å². The second-order valence-corrected chi connectivity index (χ2v) is 5.49. The summed E-state index contributed by atoms with van der Waals surface area (Å²) in [5.74, 6) is 1.38. The molecule has 2 nitrogen and oxygen atoms in total. The summed E-state index contributed by atoms with van der Waals surface area (Å²) in [7, 11) is 0. The van der Waals surface area contributed by atoms with E-state index in [0.717, 1.165) is 19.3 Å². The monoisotopic (exact) mass is 286 g/mol. The smallest absolute Gasteiger partial charge is 0.550 e. The fourth-order valence-corrected chi connectivity index (χ4v) is 4.36. The van der Waals surface area contributed by atoms with Gasteiger partial charge in [0.15, 0.2) is 0 Å². The van der Waals surface area contributed by atoms with Crippen molar-refractivity contribution in [3.8, 4) is 0 Å². The molecule has 3 heteroatoms. The molecule has 0 aromatic carbocycles. The van der Waals surface area contributed by atoms with Crippen LogP contribution in [0.25, 0.3) is 0 Å². The maximum absolute atomic E-state index is 11.1. The van der Waals surface area contributed by atoms with Crippen molar-refractivity contribution in [2.45, 2.75) is 38.5 Å². The van der Waals surface area contributed by atoms with E-state index >= 15 is 0 Å². The zero-order chi connectivity index (χ0) is 9.05. The molecule has 0 radical (unpaired) electrons. The molecule has 4 aliphatic rings. The van der Waals surface area contributed by atoms with E-state index in [0.29, 0.717) is 17.8 Å². The van der Waals surface area contributed by atoms with Gasteiger partial charge in [-0.3, -0.25) is 0 Å². The zero-order valence-electron chi connectivity index (χ0n) is 8.09. The number of aliphatic carboxylic acids is 1. The number of hydrogen-bond acceptors (Lipinski definition) is 2. The van der Waals surface area contributed by atoms with Crippen molar-refractivity contribution in [1.82, 2.24) is 0 Å². The Morgan fingerprint density at radius 1 is 1.00 bits per heavy atom. The average molecular weight is 287 g/mol. The molecular formula is C11H15AgO2. The van der Waals surface area contributed by atoms with Gasteiger partial charge in [-0.05, 0) is 56.3 Å². The van der Waals surface area contributed by atoms with E-state index in [4.69, 9.17) is 0 Å². The van der Waals surface area contributed by atoms with E-state index in [-0.39, 0.29) is 22.4 Å². The molecule has 4 saturated carbocycles. The van der Waals surface area contributed by atoms with Gasteiger partial charge in [-0.15, -0.1) is 0 Å². The molecule has 4 aliphatic carbocycles. The summed E-state index contributed by atoms with van der Waals surface area (Å²) in [6.07, 6.45) is 6.65. The van der Waals surface area contributed by atoms with Crippen molar-refractivity contribution >= 4 is 5.97 Å². The van der Waals surface area contributed by atoms with Crippen LogP contribution in [-0.4, -0.2) is 5.97 Å². The van der Waals surface area contributed by atoms with Crippen molar-refractivity contribution in [1.29, 1.82) is 0 Å². The van der Waals surface area contributed by atoms with Crippen molar-refractivity contribution in [2.75, 3.05) is 0 Å². The molecule has 4 bridgehead atoms. The van der Waals surface area contributed by atoms with Gasteiger partial charge in [-0.2, -0.15) is 0 Å². The predicted octanol–water partition coefficient (Wildman–Crippen LogP) is 0.950. The van der Waals surface area contributed by atoms with Crippen LogP contribution in [-0.2, 0) is 27.2 Å². The minimum Gasteiger partial charge on any atom is -0.550 e. The van der Waals surface area contributed by atoms with Crippen molar-refractivity contribution in [3.05, 3.63) is 0 Å². The van der Waals surface area contributed by atoms with Gasteiger partial charge in [-0.1, -0.05) is 0 Å². The summed E-state index contributed by atoms with van der Waals surface area (Å²) in [5, 5.41) is 11.1. The average Bonchev–Trinajstić information content (AvgIpc) is 2.00. The summed E-state index contributed by atoms with van der Waals surface area (Å²) in [4.78, 5) is 11.1. The molecule has 4 fully saturated rings. The molecule has 4 rings (SSSR count). The van der Waals surface area contributed by atoms with Gasteiger partial charge in [0.1, 0.15) is 0 Å². The van der Waals surface area contributed by atoms with Crippen LogP contribution in [0.4, 0.5) is 0 Å². The van der Waals surface area contributed by atoms with Crippen LogP contribution in [0.3, 0.4) is 0 Å².